The van der Waals surface area contributed by atoms with Crippen molar-refractivity contribution in [3.8, 4) is 0 Å². The minimum Gasteiger partial charge on any atom is -0.449 e. The van der Waals surface area contributed by atoms with E-state index in [4.69, 9.17) is 9.47 Å². The number of ether oxygens (including phenoxy) is 2. The van der Waals surface area contributed by atoms with E-state index in [0.29, 0.717) is 13.2 Å². The van der Waals surface area contributed by atoms with Crippen molar-refractivity contribution in [2.24, 2.45) is 11.3 Å². The molecule has 1 N–H and O–H groups in total. The number of carbonyl (C=O) groups is 2. The molecule has 132 valence electrons. The van der Waals surface area contributed by atoms with Gasteiger partial charge in [-0.2, -0.15) is 0 Å². The van der Waals surface area contributed by atoms with Gasteiger partial charge in [-0.15, -0.1) is 0 Å². The van der Waals surface area contributed by atoms with Crippen LogP contribution in [-0.2, 0) is 14.3 Å². The fourth-order valence-electron chi connectivity index (χ4n) is 2.00. The second-order valence-electron chi connectivity index (χ2n) is 5.88. The van der Waals surface area contributed by atoms with Crippen LogP contribution < -0.4 is 5.32 Å². The van der Waals surface area contributed by atoms with Crippen molar-refractivity contribution in [1.29, 1.82) is 0 Å². The van der Waals surface area contributed by atoms with Crippen LogP contribution in [-0.4, -0.2) is 37.7 Å². The molecule has 0 bridgehead atoms. The van der Waals surface area contributed by atoms with Crippen LogP contribution in [0.5, 0.6) is 0 Å². The third-order valence-electron chi connectivity index (χ3n) is 3.01. The lowest BCUT2D eigenvalue weighted by atomic mass is 9.85. The van der Waals surface area contributed by atoms with Gasteiger partial charge in [0.05, 0.1) is 19.3 Å². The molecule has 0 aromatic rings. The van der Waals surface area contributed by atoms with Crippen LogP contribution in [0.2, 0.25) is 0 Å². The van der Waals surface area contributed by atoms with E-state index in [9.17, 15) is 9.59 Å². The number of hydrogen-bond acceptors (Lipinski definition) is 4. The maximum absolute atomic E-state index is 11.6. The normalized spacial score (nSPS) is 18.1. The molecule has 5 nitrogen and oxygen atoms in total. The van der Waals surface area contributed by atoms with Crippen molar-refractivity contribution in [2.75, 3.05) is 19.8 Å². The van der Waals surface area contributed by atoms with Crippen LogP contribution in [0, 0.1) is 11.3 Å². The lowest BCUT2D eigenvalue weighted by Gasteiger charge is -2.29. The van der Waals surface area contributed by atoms with Gasteiger partial charge in [-0.05, 0) is 18.8 Å². The van der Waals surface area contributed by atoms with Gasteiger partial charge >= 0.3 is 6.09 Å². The maximum atomic E-state index is 11.6. The van der Waals surface area contributed by atoms with Gasteiger partial charge in [0, 0.05) is 12.5 Å². The quantitative estimate of drug-likeness (QED) is 0.856. The Morgan fingerprint density at radius 1 is 1.23 bits per heavy atom. The van der Waals surface area contributed by atoms with Gasteiger partial charge in [0.2, 0.25) is 0 Å². The highest BCUT2D eigenvalue weighted by molar-refractivity contribution is 5.86. The van der Waals surface area contributed by atoms with Gasteiger partial charge < -0.3 is 14.8 Å². The van der Waals surface area contributed by atoms with Gasteiger partial charge in [-0.3, -0.25) is 4.79 Å². The first-order valence-electron chi connectivity index (χ1n) is 8.32. The van der Waals surface area contributed by atoms with E-state index in [1.807, 2.05) is 48.5 Å². The molecule has 22 heavy (non-hydrogen) atoms. The number of ketones is 1. The molecule has 0 saturated carbocycles. The van der Waals surface area contributed by atoms with Crippen molar-refractivity contribution < 1.29 is 19.1 Å². The first kappa shape index (κ1) is 23.2. The maximum Gasteiger partial charge on any atom is 0.407 e. The molecule has 5 heteroatoms. The lowest BCUT2D eigenvalue weighted by molar-refractivity contribution is -0.121. The van der Waals surface area contributed by atoms with Crippen molar-refractivity contribution in [3.63, 3.8) is 0 Å². The van der Waals surface area contributed by atoms with Crippen molar-refractivity contribution in [3.05, 3.63) is 0 Å². The predicted octanol–water partition coefficient (Wildman–Crippen LogP) is 3.81. The second kappa shape index (κ2) is 12.4. The smallest absolute Gasteiger partial charge is 0.407 e. The molecule has 1 saturated heterocycles. The molecule has 0 spiro atoms. The Kier molecular flexibility index (Phi) is 13.1. The van der Waals surface area contributed by atoms with Crippen molar-refractivity contribution in [1.82, 2.24) is 5.32 Å². The van der Waals surface area contributed by atoms with Crippen molar-refractivity contribution in [2.45, 2.75) is 67.9 Å². The van der Waals surface area contributed by atoms with Gasteiger partial charge in [0.1, 0.15) is 0 Å². The standard InChI is InChI=1S/C13H23NO4.2C2H6/c1-9(15)11(13(2,3)4)14-12(16)18-8-10-5-6-17-7-10;2*1-2/h10-11H,5-8H2,1-4H3,(H,14,16);2*1-2H3. The van der Waals surface area contributed by atoms with Crippen LogP contribution in [0.1, 0.15) is 61.8 Å². The minimum atomic E-state index is -0.531. The Morgan fingerprint density at radius 3 is 2.14 bits per heavy atom. The van der Waals surface area contributed by atoms with Gasteiger partial charge in [-0.1, -0.05) is 48.5 Å². The summed E-state index contributed by atoms with van der Waals surface area (Å²) in [5, 5.41) is 2.63. The molecule has 1 aliphatic rings. The molecule has 1 aliphatic heterocycles. The number of nitrogens with one attached hydrogen (secondary N) is 1. The number of amides is 1. The first-order valence-corrected chi connectivity index (χ1v) is 8.32. The van der Waals surface area contributed by atoms with E-state index < -0.39 is 12.1 Å². The van der Waals surface area contributed by atoms with Gasteiger partial charge in [0.15, 0.2) is 5.78 Å². The molecule has 1 heterocycles. The predicted molar refractivity (Wildman–Crippen MR) is 90.0 cm³/mol. The largest absolute Gasteiger partial charge is 0.449 e. The van der Waals surface area contributed by atoms with Crippen LogP contribution in [0.4, 0.5) is 4.79 Å². The first-order chi connectivity index (χ1) is 10.3. The molecular weight excluding hydrogens is 282 g/mol. The zero-order chi connectivity index (χ0) is 17.8. The summed E-state index contributed by atoms with van der Waals surface area (Å²) in [6.45, 7) is 16.9. The number of alkyl carbamates (subject to hydrolysis) is 1. The topological polar surface area (TPSA) is 64.6 Å². The average Bonchev–Trinajstić information content (AvgIpc) is 2.98. The van der Waals surface area contributed by atoms with Gasteiger partial charge in [0.25, 0.3) is 0 Å². The summed E-state index contributed by atoms with van der Waals surface area (Å²) in [4.78, 5) is 23.1. The number of rotatable bonds is 4. The molecule has 0 aliphatic carbocycles. The number of hydrogen-bond donors (Lipinski definition) is 1. The van der Waals surface area contributed by atoms with Crippen LogP contribution in [0.15, 0.2) is 0 Å². The molecule has 1 fully saturated rings. The fraction of sp³-hybridized carbons (Fsp3) is 0.882. The van der Waals surface area contributed by atoms with Gasteiger partial charge in [-0.25, -0.2) is 4.79 Å². The molecule has 0 aromatic heterocycles. The zero-order valence-corrected chi connectivity index (χ0v) is 15.6. The molecule has 1 rings (SSSR count). The highest BCUT2D eigenvalue weighted by Gasteiger charge is 2.30. The summed E-state index contributed by atoms with van der Waals surface area (Å²) in [6.07, 6.45) is 0.389. The van der Waals surface area contributed by atoms with E-state index in [-0.39, 0.29) is 17.1 Å². The Labute approximate surface area is 136 Å². The number of carbonyl (C=O) groups excluding carboxylic acids is 2. The van der Waals surface area contributed by atoms with E-state index in [2.05, 4.69) is 5.32 Å². The molecule has 0 aromatic carbocycles. The van der Waals surface area contributed by atoms with E-state index >= 15 is 0 Å². The van der Waals surface area contributed by atoms with E-state index in [0.717, 1.165) is 13.0 Å². The molecule has 0 radical (unpaired) electrons. The van der Waals surface area contributed by atoms with Crippen molar-refractivity contribution >= 4 is 11.9 Å². The minimum absolute atomic E-state index is 0.0661. The fourth-order valence-corrected chi connectivity index (χ4v) is 2.00. The van der Waals surface area contributed by atoms with E-state index in [1.165, 1.54) is 6.92 Å². The number of Topliss-reactive ketones (excluding diaryl/α,β-unsaturated/α-hetero) is 1. The molecular formula is C17H35NO4. The van der Waals surface area contributed by atoms with Crippen LogP contribution in [0.3, 0.4) is 0 Å². The third-order valence-corrected chi connectivity index (χ3v) is 3.01. The Bertz CT molecular complexity index is 304. The van der Waals surface area contributed by atoms with E-state index in [1.54, 1.807) is 0 Å². The highest BCUT2D eigenvalue weighted by Crippen LogP contribution is 2.20. The highest BCUT2D eigenvalue weighted by atomic mass is 16.6. The lowest BCUT2D eigenvalue weighted by Crippen LogP contribution is -2.48. The Hall–Kier alpha value is -1.10. The summed E-state index contributed by atoms with van der Waals surface area (Å²) in [7, 11) is 0. The van der Waals surface area contributed by atoms with Crippen LogP contribution in [0.25, 0.3) is 0 Å². The summed E-state index contributed by atoms with van der Waals surface area (Å²) in [5.74, 6) is 0.213. The second-order valence-corrected chi connectivity index (χ2v) is 5.88. The Balaban J connectivity index is 0. The van der Waals surface area contributed by atoms with Crippen LogP contribution >= 0.6 is 0 Å². The summed E-state index contributed by atoms with van der Waals surface area (Å²) in [5.41, 5.74) is -0.318. The summed E-state index contributed by atoms with van der Waals surface area (Å²) >= 11 is 0. The average molecular weight is 317 g/mol. The molecule has 2 unspecified atom stereocenters. The SMILES string of the molecule is CC.CC.CC(=O)C(NC(=O)OCC1CCOC1)C(C)(C)C. The molecule has 1 amide bonds. The summed E-state index contributed by atoms with van der Waals surface area (Å²) in [6, 6.07) is -0.523. The zero-order valence-electron chi connectivity index (χ0n) is 15.6. The molecule has 2 atom stereocenters. The third kappa shape index (κ3) is 9.77. The summed E-state index contributed by atoms with van der Waals surface area (Å²) < 4.78 is 10.3. The monoisotopic (exact) mass is 317 g/mol. The Morgan fingerprint density at radius 2 is 1.77 bits per heavy atom.